The smallest absolute Gasteiger partial charge is 0.241 e. The van der Waals surface area contributed by atoms with Gasteiger partial charge in [0.15, 0.2) is 0 Å². The van der Waals surface area contributed by atoms with E-state index in [2.05, 4.69) is 33.0 Å². The van der Waals surface area contributed by atoms with Crippen LogP contribution in [-0.4, -0.2) is 70.3 Å². The van der Waals surface area contributed by atoms with E-state index < -0.39 is 6.04 Å². The van der Waals surface area contributed by atoms with Crippen molar-refractivity contribution >= 4 is 23.9 Å². The van der Waals surface area contributed by atoms with Gasteiger partial charge < -0.3 is 15.5 Å². The fourth-order valence-electron chi connectivity index (χ4n) is 5.98. The molecule has 2 bridgehead atoms. The average Bonchev–Trinajstić information content (AvgIpc) is 3.59. The number of nitrogens with zero attached hydrogens (tertiary/aromatic N) is 4. The molecule has 3 aliphatic heterocycles. The maximum atomic E-state index is 13.3. The fourth-order valence-corrected chi connectivity index (χ4v) is 6.41. The standard InChI is InChI=1S/C22H28N6O4S/c23-10-14-2-1-7-27(14)21(29)18(24)12-26-11-15-9-20(26)22(30)28(15)19-6-3-13-8-16(33-32-31-25)4-5-17(13)19/h4-5,8,14-15,18-20H,1-3,6-7,9,11-12,24-25H2/t14-,15+,18-,19+,20+/m0/s1. The molecule has 0 saturated carbocycles. The van der Waals surface area contributed by atoms with Gasteiger partial charge in [0.2, 0.25) is 11.8 Å². The van der Waals surface area contributed by atoms with E-state index in [9.17, 15) is 14.9 Å². The van der Waals surface area contributed by atoms with Gasteiger partial charge in [0, 0.05) is 30.6 Å². The number of nitrogens with two attached hydrogens (primary N) is 2. The largest absolute Gasteiger partial charge is 0.330 e. The lowest BCUT2D eigenvalue weighted by molar-refractivity contribution is -0.195. The monoisotopic (exact) mass is 472 g/mol. The number of hydrogen-bond donors (Lipinski definition) is 2. The summed E-state index contributed by atoms with van der Waals surface area (Å²) in [6, 6.07) is 7.13. The summed E-state index contributed by atoms with van der Waals surface area (Å²) in [6.07, 6.45) is 4.10. The zero-order valence-electron chi connectivity index (χ0n) is 18.3. The molecule has 11 heteroatoms. The molecule has 3 saturated heterocycles. The number of carbonyl (C=O) groups is 2. The van der Waals surface area contributed by atoms with Crippen LogP contribution in [0, 0.1) is 11.3 Å². The minimum Gasteiger partial charge on any atom is -0.330 e. The van der Waals surface area contributed by atoms with Gasteiger partial charge in [-0.3, -0.25) is 14.5 Å². The van der Waals surface area contributed by atoms with Gasteiger partial charge in [-0.25, -0.2) is 0 Å². The van der Waals surface area contributed by atoms with Crippen LogP contribution in [0.25, 0.3) is 0 Å². The van der Waals surface area contributed by atoms with Crippen molar-refractivity contribution in [3.8, 4) is 6.07 Å². The summed E-state index contributed by atoms with van der Waals surface area (Å²) in [5, 5.41) is 9.26. The van der Waals surface area contributed by atoms with E-state index in [0.717, 1.165) is 49.2 Å². The summed E-state index contributed by atoms with van der Waals surface area (Å²) >= 11 is 1.06. The number of rotatable bonds is 7. The Morgan fingerprint density at radius 1 is 1.33 bits per heavy atom. The Bertz CT molecular complexity index is 986. The second-order valence-corrected chi connectivity index (χ2v) is 9.97. The highest BCUT2D eigenvalue weighted by Crippen LogP contribution is 2.44. The molecule has 5 atom stereocenters. The van der Waals surface area contributed by atoms with Crippen molar-refractivity contribution in [3.63, 3.8) is 0 Å². The zero-order valence-corrected chi connectivity index (χ0v) is 19.1. The predicted molar refractivity (Wildman–Crippen MR) is 119 cm³/mol. The number of piperazine rings is 1. The number of fused-ring (bicyclic) bond motifs is 3. The van der Waals surface area contributed by atoms with Gasteiger partial charge in [-0.2, -0.15) is 11.2 Å². The molecule has 3 fully saturated rings. The predicted octanol–water partition coefficient (Wildman–Crippen LogP) is 0.630. The minimum atomic E-state index is -0.720. The Kier molecular flexibility index (Phi) is 6.30. The molecule has 1 aliphatic carbocycles. The van der Waals surface area contributed by atoms with Crippen LogP contribution in [0.15, 0.2) is 23.1 Å². The molecule has 0 aromatic heterocycles. The van der Waals surface area contributed by atoms with E-state index in [4.69, 9.17) is 16.0 Å². The Labute approximate surface area is 196 Å². The van der Waals surface area contributed by atoms with Crippen LogP contribution in [0.3, 0.4) is 0 Å². The molecule has 1 aromatic carbocycles. The third-order valence-corrected chi connectivity index (χ3v) is 8.01. The number of carbonyl (C=O) groups excluding carboxylic acids is 2. The van der Waals surface area contributed by atoms with Gasteiger partial charge >= 0.3 is 0 Å². The second-order valence-electron chi connectivity index (χ2n) is 9.19. The Hall–Kier alpha value is -2.20. The highest BCUT2D eigenvalue weighted by molar-refractivity contribution is 7.94. The summed E-state index contributed by atoms with van der Waals surface area (Å²) < 4.78 is 4.74. The molecule has 33 heavy (non-hydrogen) atoms. The van der Waals surface area contributed by atoms with Gasteiger partial charge in [0.05, 0.1) is 36.2 Å². The molecule has 0 unspecified atom stereocenters. The third kappa shape index (κ3) is 4.01. The van der Waals surface area contributed by atoms with Crippen LogP contribution in [0.1, 0.15) is 42.9 Å². The lowest BCUT2D eigenvalue weighted by Gasteiger charge is -2.38. The molecular formula is C22H28N6O4S. The van der Waals surface area contributed by atoms with E-state index >= 15 is 0 Å². The molecular weight excluding hydrogens is 444 g/mol. The molecule has 10 nitrogen and oxygen atoms in total. The maximum absolute atomic E-state index is 13.3. The third-order valence-electron chi connectivity index (χ3n) is 7.41. The van der Waals surface area contributed by atoms with Crippen LogP contribution < -0.4 is 11.6 Å². The van der Waals surface area contributed by atoms with Crippen LogP contribution in [0.2, 0.25) is 0 Å². The first kappa shape index (κ1) is 22.6. The van der Waals surface area contributed by atoms with Crippen molar-refractivity contribution in [2.75, 3.05) is 19.6 Å². The summed E-state index contributed by atoms with van der Waals surface area (Å²) in [5.41, 5.74) is 8.64. The van der Waals surface area contributed by atoms with Crippen molar-refractivity contribution in [1.82, 2.24) is 14.7 Å². The maximum Gasteiger partial charge on any atom is 0.241 e. The van der Waals surface area contributed by atoms with E-state index in [1.165, 1.54) is 11.1 Å². The number of nitriles is 1. The van der Waals surface area contributed by atoms with E-state index in [-0.39, 0.29) is 36.0 Å². The highest BCUT2D eigenvalue weighted by atomic mass is 32.2. The molecule has 4 aliphatic rings. The molecule has 0 spiro atoms. The number of benzene rings is 1. The SMILES string of the molecule is N#C[C@@H]1CCCN1C(=O)[C@@H](N)CN1C[C@H]2C[C@@H]1C(=O)N2[C@@H]1CCc2cc(SOON)ccc21. The molecule has 176 valence electrons. The topological polar surface area (TPSA) is 138 Å². The van der Waals surface area contributed by atoms with Gasteiger partial charge in [-0.05, 0) is 55.4 Å². The summed E-state index contributed by atoms with van der Waals surface area (Å²) in [7, 11) is 0. The Balaban J connectivity index is 1.23. The number of aryl methyl sites for hydroxylation is 1. The average molecular weight is 473 g/mol. The first-order valence-corrected chi connectivity index (χ1v) is 12.1. The van der Waals surface area contributed by atoms with Gasteiger partial charge in [-0.1, -0.05) is 6.07 Å². The van der Waals surface area contributed by atoms with Crippen molar-refractivity contribution in [2.45, 2.75) is 67.2 Å². The Morgan fingerprint density at radius 2 is 2.18 bits per heavy atom. The van der Waals surface area contributed by atoms with E-state index in [0.29, 0.717) is 19.5 Å². The molecule has 5 rings (SSSR count). The van der Waals surface area contributed by atoms with Crippen molar-refractivity contribution in [1.29, 1.82) is 5.26 Å². The quantitative estimate of drug-likeness (QED) is 0.332. The van der Waals surface area contributed by atoms with Crippen molar-refractivity contribution < 1.29 is 18.9 Å². The number of amides is 2. The molecule has 2 amide bonds. The Morgan fingerprint density at radius 3 is 2.94 bits per heavy atom. The normalized spacial score (nSPS) is 29.5. The van der Waals surface area contributed by atoms with Crippen molar-refractivity contribution in [2.24, 2.45) is 11.6 Å². The number of hydrogen-bond acceptors (Lipinski definition) is 9. The first-order chi connectivity index (χ1) is 16.0. The fraction of sp³-hybridized carbons (Fsp3) is 0.591. The summed E-state index contributed by atoms with van der Waals surface area (Å²) in [5.74, 6) is 4.85. The van der Waals surface area contributed by atoms with Crippen LogP contribution in [-0.2, 0) is 25.3 Å². The highest BCUT2D eigenvalue weighted by Gasteiger charge is 2.53. The lowest BCUT2D eigenvalue weighted by Crippen LogP contribution is -2.56. The van der Waals surface area contributed by atoms with Crippen LogP contribution in [0.5, 0.6) is 0 Å². The molecule has 4 N–H and O–H groups in total. The van der Waals surface area contributed by atoms with Gasteiger partial charge in [0.25, 0.3) is 0 Å². The van der Waals surface area contributed by atoms with Gasteiger partial charge in [-0.15, -0.1) is 9.32 Å². The van der Waals surface area contributed by atoms with E-state index in [1.807, 2.05) is 6.07 Å². The van der Waals surface area contributed by atoms with Crippen LogP contribution >= 0.6 is 12.0 Å². The van der Waals surface area contributed by atoms with Crippen LogP contribution in [0.4, 0.5) is 0 Å². The first-order valence-electron chi connectivity index (χ1n) is 11.4. The molecule has 1 aromatic rings. The lowest BCUT2D eigenvalue weighted by atomic mass is 10.1. The second kappa shape index (κ2) is 9.21. The van der Waals surface area contributed by atoms with E-state index in [1.54, 1.807) is 4.90 Å². The summed E-state index contributed by atoms with van der Waals surface area (Å²) in [6.45, 7) is 1.65. The van der Waals surface area contributed by atoms with Gasteiger partial charge in [0.1, 0.15) is 6.04 Å². The van der Waals surface area contributed by atoms with Crippen molar-refractivity contribution in [3.05, 3.63) is 29.3 Å². The molecule has 0 radical (unpaired) electrons. The molecule has 3 heterocycles. The summed E-state index contributed by atoms with van der Waals surface area (Å²) in [4.78, 5) is 36.9. The number of likely N-dealkylation sites (tertiary alicyclic amines) is 3. The minimum absolute atomic E-state index is 0.0756. The zero-order chi connectivity index (χ0) is 23.1.